The van der Waals surface area contributed by atoms with Crippen LogP contribution in [0.15, 0.2) is 34.4 Å². The van der Waals surface area contributed by atoms with Crippen LogP contribution in [-0.2, 0) is 16.1 Å². The molecule has 8 nitrogen and oxygen atoms in total. The molecule has 3 rings (SSSR count). The molecule has 1 saturated heterocycles. The van der Waals surface area contributed by atoms with E-state index in [1.165, 1.54) is 25.3 Å². The van der Waals surface area contributed by atoms with Gasteiger partial charge in [-0.25, -0.2) is 9.59 Å². The van der Waals surface area contributed by atoms with Gasteiger partial charge in [0.05, 0.1) is 29.8 Å². The van der Waals surface area contributed by atoms with Crippen LogP contribution in [-0.4, -0.2) is 36.0 Å². The Hall–Kier alpha value is -2.97. The van der Waals surface area contributed by atoms with E-state index in [-0.39, 0.29) is 29.9 Å². The SMILES string of the molecule is CC[C@@H](C)Oc1c(Cl)cc(/C=C2\NC(=O)N(Cc3ccc(C(=O)OC)o3)C2=O)cc1Cl. The largest absolute Gasteiger partial charge is 0.488 e. The first-order valence-electron chi connectivity index (χ1n) is 9.40. The van der Waals surface area contributed by atoms with Crippen LogP contribution in [0, 0.1) is 0 Å². The van der Waals surface area contributed by atoms with Crippen molar-refractivity contribution >= 4 is 47.2 Å². The molecule has 2 aromatic rings. The van der Waals surface area contributed by atoms with Gasteiger partial charge in [0, 0.05) is 0 Å². The van der Waals surface area contributed by atoms with E-state index in [1.807, 2.05) is 13.8 Å². The van der Waals surface area contributed by atoms with Crippen LogP contribution in [0.1, 0.15) is 42.1 Å². The number of nitrogens with zero attached hydrogens (tertiary/aromatic N) is 1. The lowest BCUT2D eigenvalue weighted by Crippen LogP contribution is -2.30. The van der Waals surface area contributed by atoms with Crippen molar-refractivity contribution in [2.75, 3.05) is 7.11 Å². The van der Waals surface area contributed by atoms with Crippen molar-refractivity contribution in [3.8, 4) is 5.75 Å². The number of hydrogen-bond acceptors (Lipinski definition) is 6. The minimum absolute atomic E-state index is 0.0238. The van der Waals surface area contributed by atoms with Gasteiger partial charge in [-0.1, -0.05) is 30.1 Å². The van der Waals surface area contributed by atoms with Crippen LogP contribution in [0.4, 0.5) is 4.79 Å². The second-order valence-electron chi connectivity index (χ2n) is 6.79. The number of halogens is 2. The zero-order valence-electron chi connectivity index (χ0n) is 17.0. The number of amides is 3. The summed E-state index contributed by atoms with van der Waals surface area (Å²) in [7, 11) is 1.22. The maximum absolute atomic E-state index is 12.7. The molecule has 0 saturated carbocycles. The number of hydrogen-bond donors (Lipinski definition) is 1. The lowest BCUT2D eigenvalue weighted by Gasteiger charge is -2.15. The summed E-state index contributed by atoms with van der Waals surface area (Å²) in [5.41, 5.74) is 0.565. The first kappa shape index (κ1) is 22.7. The first-order valence-corrected chi connectivity index (χ1v) is 10.2. The van der Waals surface area contributed by atoms with Gasteiger partial charge in [0.15, 0.2) is 5.75 Å². The van der Waals surface area contributed by atoms with Crippen molar-refractivity contribution in [3.05, 3.63) is 57.1 Å². The number of carbonyl (C=O) groups excluding carboxylic acids is 3. The minimum Gasteiger partial charge on any atom is -0.488 e. The second kappa shape index (κ2) is 9.45. The fourth-order valence-electron chi connectivity index (χ4n) is 2.77. The topological polar surface area (TPSA) is 98.1 Å². The number of benzene rings is 1. The molecule has 164 valence electrons. The Balaban J connectivity index is 1.78. The smallest absolute Gasteiger partial charge is 0.373 e. The Labute approximate surface area is 188 Å². The van der Waals surface area contributed by atoms with Gasteiger partial charge in [-0.15, -0.1) is 0 Å². The summed E-state index contributed by atoms with van der Waals surface area (Å²) in [5, 5.41) is 3.09. The molecule has 0 spiro atoms. The van der Waals surface area contributed by atoms with E-state index in [2.05, 4.69) is 10.1 Å². The van der Waals surface area contributed by atoms with Crippen LogP contribution >= 0.6 is 23.2 Å². The van der Waals surface area contributed by atoms with E-state index in [0.29, 0.717) is 21.4 Å². The third-order valence-corrected chi connectivity index (χ3v) is 5.11. The molecule has 1 aromatic carbocycles. The molecule has 0 bridgehead atoms. The highest BCUT2D eigenvalue weighted by atomic mass is 35.5. The van der Waals surface area contributed by atoms with E-state index < -0.39 is 17.9 Å². The third-order valence-electron chi connectivity index (χ3n) is 4.55. The molecule has 1 N–H and O–H groups in total. The van der Waals surface area contributed by atoms with Gasteiger partial charge in [-0.05, 0) is 49.2 Å². The lowest BCUT2D eigenvalue weighted by molar-refractivity contribution is -0.123. The number of ether oxygens (including phenoxy) is 2. The maximum atomic E-state index is 12.7. The summed E-state index contributed by atoms with van der Waals surface area (Å²) >= 11 is 12.6. The van der Waals surface area contributed by atoms with Gasteiger partial charge in [0.25, 0.3) is 5.91 Å². The molecule has 10 heteroatoms. The molecule has 3 amide bonds. The molecule has 1 aliphatic rings. The van der Waals surface area contributed by atoms with E-state index in [9.17, 15) is 14.4 Å². The van der Waals surface area contributed by atoms with Crippen LogP contribution in [0.3, 0.4) is 0 Å². The van der Waals surface area contributed by atoms with Crippen molar-refractivity contribution in [3.63, 3.8) is 0 Å². The molecule has 31 heavy (non-hydrogen) atoms. The number of methoxy groups -OCH3 is 1. The highest BCUT2D eigenvalue weighted by molar-refractivity contribution is 6.37. The van der Waals surface area contributed by atoms with Crippen molar-refractivity contribution in [2.45, 2.75) is 32.9 Å². The molecule has 1 fully saturated rings. The average molecular weight is 467 g/mol. The predicted octanol–water partition coefficient (Wildman–Crippen LogP) is 4.64. The van der Waals surface area contributed by atoms with Gasteiger partial charge in [-0.2, -0.15) is 0 Å². The minimum atomic E-state index is -0.654. The molecule has 2 heterocycles. The number of urea groups is 1. The predicted molar refractivity (Wildman–Crippen MR) is 114 cm³/mol. The Morgan fingerprint density at radius 1 is 1.26 bits per heavy atom. The highest BCUT2D eigenvalue weighted by Crippen LogP contribution is 2.36. The third kappa shape index (κ3) is 5.03. The van der Waals surface area contributed by atoms with Crippen molar-refractivity contribution < 1.29 is 28.3 Å². The molecule has 0 unspecified atom stereocenters. The van der Waals surface area contributed by atoms with E-state index >= 15 is 0 Å². The summed E-state index contributed by atoms with van der Waals surface area (Å²) in [5.74, 6) is -0.624. The van der Waals surface area contributed by atoms with Crippen LogP contribution in [0.2, 0.25) is 10.0 Å². The molecular formula is C21H20Cl2N2O6. The quantitative estimate of drug-likeness (QED) is 0.362. The normalized spacial score (nSPS) is 15.9. The number of esters is 1. The Morgan fingerprint density at radius 2 is 1.94 bits per heavy atom. The maximum Gasteiger partial charge on any atom is 0.373 e. The zero-order valence-corrected chi connectivity index (χ0v) is 18.5. The zero-order chi connectivity index (χ0) is 22.7. The lowest BCUT2D eigenvalue weighted by atomic mass is 10.1. The molecule has 1 atom stereocenters. The monoisotopic (exact) mass is 466 g/mol. The van der Waals surface area contributed by atoms with Gasteiger partial charge in [-0.3, -0.25) is 9.69 Å². The van der Waals surface area contributed by atoms with Gasteiger partial charge in [0.2, 0.25) is 5.76 Å². The van der Waals surface area contributed by atoms with Gasteiger partial charge >= 0.3 is 12.0 Å². The Kier molecular flexibility index (Phi) is 6.92. The van der Waals surface area contributed by atoms with E-state index in [4.69, 9.17) is 32.4 Å². The number of rotatable bonds is 7. The fourth-order valence-corrected chi connectivity index (χ4v) is 3.36. The summed E-state index contributed by atoms with van der Waals surface area (Å²) in [6, 6.07) is 5.46. The second-order valence-corrected chi connectivity index (χ2v) is 7.60. The number of imide groups is 1. The molecule has 0 aliphatic carbocycles. The van der Waals surface area contributed by atoms with Crippen molar-refractivity contribution in [2.24, 2.45) is 0 Å². The summed E-state index contributed by atoms with van der Waals surface area (Å²) in [4.78, 5) is 37.4. The average Bonchev–Trinajstić information content (AvgIpc) is 3.30. The number of nitrogens with one attached hydrogen (secondary N) is 1. The van der Waals surface area contributed by atoms with E-state index in [0.717, 1.165) is 11.3 Å². The summed E-state index contributed by atoms with van der Waals surface area (Å²) in [6.45, 7) is 3.73. The van der Waals surface area contributed by atoms with E-state index in [1.54, 1.807) is 12.1 Å². The van der Waals surface area contributed by atoms with Crippen molar-refractivity contribution in [1.29, 1.82) is 0 Å². The number of furan rings is 1. The standard InChI is InChI=1S/C21H20Cl2N2O6/c1-4-11(2)30-18-14(22)7-12(8-15(18)23)9-16-19(26)25(21(28)24-16)10-13-5-6-17(31-13)20(27)29-3/h5-9,11H,4,10H2,1-3H3,(H,24,28)/b16-9-/t11-/m1/s1. The highest BCUT2D eigenvalue weighted by Gasteiger charge is 2.34. The van der Waals surface area contributed by atoms with Crippen molar-refractivity contribution in [1.82, 2.24) is 10.2 Å². The first-order chi connectivity index (χ1) is 14.7. The molecule has 1 aliphatic heterocycles. The molecule has 0 radical (unpaired) electrons. The number of carbonyl (C=O) groups is 3. The molecule has 1 aromatic heterocycles. The van der Waals surface area contributed by atoms with Gasteiger partial charge < -0.3 is 19.2 Å². The van der Waals surface area contributed by atoms with Crippen LogP contribution in [0.5, 0.6) is 5.75 Å². The van der Waals surface area contributed by atoms with Crippen LogP contribution in [0.25, 0.3) is 6.08 Å². The Bertz CT molecular complexity index is 1040. The summed E-state index contributed by atoms with van der Waals surface area (Å²) in [6.07, 6.45) is 2.18. The Morgan fingerprint density at radius 3 is 2.55 bits per heavy atom. The van der Waals surface area contributed by atoms with Gasteiger partial charge in [0.1, 0.15) is 11.5 Å². The summed E-state index contributed by atoms with van der Waals surface area (Å²) < 4.78 is 15.6. The van der Waals surface area contributed by atoms with Crippen LogP contribution < -0.4 is 10.1 Å². The fraction of sp³-hybridized carbons (Fsp3) is 0.286. The molecular weight excluding hydrogens is 447 g/mol.